The van der Waals surface area contributed by atoms with Gasteiger partial charge in [-0.05, 0) is 58.6 Å². The fraction of sp³-hybridized carbons (Fsp3) is 0.824. The molecule has 2 aliphatic rings. The molecule has 0 aromatic carbocycles. The van der Waals surface area contributed by atoms with E-state index in [1.807, 2.05) is 0 Å². The fourth-order valence-corrected chi connectivity index (χ4v) is 3.94. The van der Waals surface area contributed by atoms with Crippen molar-refractivity contribution in [3.8, 4) is 0 Å². The largest absolute Gasteiger partial charge is 0.370 e. The van der Waals surface area contributed by atoms with E-state index >= 15 is 0 Å². The number of hydrogen-bond donors (Lipinski definition) is 1. The Hall–Kier alpha value is -0.870. The lowest BCUT2D eigenvalue weighted by Gasteiger charge is -2.23. The first-order valence-electron chi connectivity index (χ1n) is 8.56. The molecule has 2 fully saturated rings. The van der Waals surface area contributed by atoms with E-state index in [2.05, 4.69) is 35.0 Å². The molecule has 1 saturated carbocycles. The van der Waals surface area contributed by atoms with Gasteiger partial charge in [0.1, 0.15) is 0 Å². The van der Waals surface area contributed by atoms with E-state index < -0.39 is 0 Å². The summed E-state index contributed by atoms with van der Waals surface area (Å²) in [7, 11) is 0. The first-order chi connectivity index (χ1) is 10.2. The van der Waals surface area contributed by atoms with E-state index in [9.17, 15) is 0 Å². The smallest absolute Gasteiger partial charge is 0.0708 e. The van der Waals surface area contributed by atoms with Crippen molar-refractivity contribution in [2.24, 2.45) is 0 Å². The second-order valence-corrected chi connectivity index (χ2v) is 6.88. The lowest BCUT2D eigenvalue weighted by atomic mass is 9.98. The summed E-state index contributed by atoms with van der Waals surface area (Å²) in [5.74, 6) is 0. The third kappa shape index (κ3) is 3.67. The maximum atomic E-state index is 6.32. The SMILES string of the molecule is Cc1cc(C)n(CCCNCC2CCC3(CCCC3)O2)n1. The van der Waals surface area contributed by atoms with Crippen LogP contribution in [0.25, 0.3) is 0 Å². The molecular weight excluding hydrogens is 262 g/mol. The van der Waals surface area contributed by atoms with Crippen molar-refractivity contribution in [2.45, 2.75) is 77.0 Å². The van der Waals surface area contributed by atoms with Crippen LogP contribution in [-0.4, -0.2) is 34.6 Å². The van der Waals surface area contributed by atoms with Crippen molar-refractivity contribution in [1.82, 2.24) is 15.1 Å². The van der Waals surface area contributed by atoms with E-state index in [1.165, 1.54) is 44.2 Å². The lowest BCUT2D eigenvalue weighted by Crippen LogP contribution is -2.31. The average molecular weight is 291 g/mol. The Balaban J connectivity index is 1.31. The van der Waals surface area contributed by atoms with E-state index in [0.29, 0.717) is 6.10 Å². The molecular formula is C17H29N3O. The first-order valence-corrected chi connectivity index (χ1v) is 8.56. The van der Waals surface area contributed by atoms with Gasteiger partial charge in [0.15, 0.2) is 0 Å². The van der Waals surface area contributed by atoms with Crippen LogP contribution in [0, 0.1) is 13.8 Å². The molecule has 1 unspecified atom stereocenters. The Morgan fingerprint density at radius 1 is 1.33 bits per heavy atom. The van der Waals surface area contributed by atoms with Crippen molar-refractivity contribution in [2.75, 3.05) is 13.1 Å². The van der Waals surface area contributed by atoms with Gasteiger partial charge in [-0.2, -0.15) is 5.10 Å². The highest BCUT2D eigenvalue weighted by molar-refractivity contribution is 5.06. The molecule has 1 aliphatic carbocycles. The Labute approximate surface area is 128 Å². The molecule has 0 radical (unpaired) electrons. The molecule has 1 aromatic rings. The van der Waals surface area contributed by atoms with Crippen molar-refractivity contribution in [3.63, 3.8) is 0 Å². The van der Waals surface area contributed by atoms with Crippen molar-refractivity contribution in [3.05, 3.63) is 17.5 Å². The summed E-state index contributed by atoms with van der Waals surface area (Å²) in [6.07, 6.45) is 9.40. The summed E-state index contributed by atoms with van der Waals surface area (Å²) in [4.78, 5) is 0. The number of hydrogen-bond acceptors (Lipinski definition) is 3. The van der Waals surface area contributed by atoms with Crippen LogP contribution in [0.2, 0.25) is 0 Å². The highest BCUT2D eigenvalue weighted by Gasteiger charge is 2.41. The van der Waals surface area contributed by atoms with Crippen LogP contribution in [0.4, 0.5) is 0 Å². The molecule has 3 rings (SSSR count). The summed E-state index contributed by atoms with van der Waals surface area (Å²) in [6, 6.07) is 2.14. The Morgan fingerprint density at radius 2 is 2.14 bits per heavy atom. The topological polar surface area (TPSA) is 39.1 Å². The van der Waals surface area contributed by atoms with Crippen LogP contribution in [0.5, 0.6) is 0 Å². The Kier molecular flexibility index (Phi) is 4.65. The number of nitrogens with zero attached hydrogens (tertiary/aromatic N) is 2. The quantitative estimate of drug-likeness (QED) is 0.819. The maximum absolute atomic E-state index is 6.32. The zero-order valence-electron chi connectivity index (χ0n) is 13.5. The molecule has 21 heavy (non-hydrogen) atoms. The highest BCUT2D eigenvalue weighted by atomic mass is 16.5. The minimum Gasteiger partial charge on any atom is -0.370 e. The van der Waals surface area contributed by atoms with Crippen molar-refractivity contribution >= 4 is 0 Å². The standard InChI is InChI=1S/C17H29N3O/c1-14-12-15(2)20(19-14)11-5-10-18-13-16-6-9-17(21-16)7-3-4-8-17/h12,16,18H,3-11,13H2,1-2H3. The Morgan fingerprint density at radius 3 is 2.86 bits per heavy atom. The number of ether oxygens (including phenoxy) is 1. The van der Waals surface area contributed by atoms with Crippen LogP contribution in [-0.2, 0) is 11.3 Å². The number of nitrogens with one attached hydrogen (secondary N) is 1. The van der Waals surface area contributed by atoms with Gasteiger partial charge in [-0.25, -0.2) is 0 Å². The summed E-state index contributed by atoms with van der Waals surface area (Å²) in [5, 5.41) is 8.06. The maximum Gasteiger partial charge on any atom is 0.0708 e. The molecule has 0 amide bonds. The summed E-state index contributed by atoms with van der Waals surface area (Å²) >= 11 is 0. The summed E-state index contributed by atoms with van der Waals surface area (Å²) in [6.45, 7) is 7.24. The molecule has 2 heterocycles. The minimum absolute atomic E-state index is 0.274. The number of rotatable bonds is 6. The van der Waals surface area contributed by atoms with Crippen LogP contribution < -0.4 is 5.32 Å². The molecule has 4 nitrogen and oxygen atoms in total. The molecule has 1 atom stereocenters. The minimum atomic E-state index is 0.274. The van der Waals surface area contributed by atoms with Gasteiger partial charge in [-0.1, -0.05) is 12.8 Å². The monoisotopic (exact) mass is 291 g/mol. The lowest BCUT2D eigenvalue weighted by molar-refractivity contribution is -0.0350. The highest BCUT2D eigenvalue weighted by Crippen LogP contribution is 2.43. The van der Waals surface area contributed by atoms with Gasteiger partial charge >= 0.3 is 0 Å². The van der Waals surface area contributed by atoms with Gasteiger partial charge < -0.3 is 10.1 Å². The average Bonchev–Trinajstić information content (AvgIpc) is 3.14. The molecule has 1 N–H and O–H groups in total. The molecule has 1 aromatic heterocycles. The second kappa shape index (κ2) is 6.49. The van der Waals surface area contributed by atoms with Crippen molar-refractivity contribution in [1.29, 1.82) is 0 Å². The molecule has 1 spiro atoms. The molecule has 0 bridgehead atoms. The predicted octanol–water partition coefficient (Wildman–Crippen LogP) is 2.97. The Bertz CT molecular complexity index is 463. The normalized spacial score (nSPS) is 24.2. The van der Waals surface area contributed by atoms with Gasteiger partial charge in [-0.3, -0.25) is 4.68 Å². The van der Waals surface area contributed by atoms with Crippen LogP contribution >= 0.6 is 0 Å². The zero-order valence-corrected chi connectivity index (χ0v) is 13.5. The van der Waals surface area contributed by atoms with Gasteiger partial charge in [0.2, 0.25) is 0 Å². The molecule has 4 heteroatoms. The predicted molar refractivity (Wildman–Crippen MR) is 84.5 cm³/mol. The zero-order chi connectivity index (χ0) is 14.7. The molecule has 1 saturated heterocycles. The first kappa shape index (κ1) is 15.0. The number of aryl methyl sites for hydroxylation is 3. The van der Waals surface area contributed by atoms with Crippen LogP contribution in [0.3, 0.4) is 0 Å². The number of aromatic nitrogens is 2. The summed E-state index contributed by atoms with van der Waals surface area (Å²) in [5.41, 5.74) is 2.65. The van der Waals surface area contributed by atoms with E-state index in [0.717, 1.165) is 31.7 Å². The molecule has 118 valence electrons. The van der Waals surface area contributed by atoms with Gasteiger partial charge in [-0.15, -0.1) is 0 Å². The van der Waals surface area contributed by atoms with Crippen LogP contribution in [0.1, 0.15) is 56.3 Å². The van der Waals surface area contributed by atoms with E-state index in [1.54, 1.807) is 0 Å². The van der Waals surface area contributed by atoms with Gasteiger partial charge in [0.25, 0.3) is 0 Å². The van der Waals surface area contributed by atoms with Crippen LogP contribution in [0.15, 0.2) is 6.07 Å². The van der Waals surface area contributed by atoms with E-state index in [4.69, 9.17) is 4.74 Å². The fourth-order valence-electron chi connectivity index (χ4n) is 3.94. The third-order valence-corrected chi connectivity index (χ3v) is 5.05. The van der Waals surface area contributed by atoms with Gasteiger partial charge in [0.05, 0.1) is 17.4 Å². The van der Waals surface area contributed by atoms with Gasteiger partial charge in [0, 0.05) is 18.8 Å². The van der Waals surface area contributed by atoms with Crippen molar-refractivity contribution < 1.29 is 4.74 Å². The third-order valence-electron chi connectivity index (χ3n) is 5.05. The van der Waals surface area contributed by atoms with E-state index in [-0.39, 0.29) is 5.60 Å². The molecule has 1 aliphatic heterocycles. The second-order valence-electron chi connectivity index (χ2n) is 6.88. The summed E-state index contributed by atoms with van der Waals surface area (Å²) < 4.78 is 8.42.